The Kier molecular flexibility index (Phi) is 6.77. The molecule has 1 aliphatic rings. The highest BCUT2D eigenvalue weighted by Crippen LogP contribution is 2.18. The van der Waals surface area contributed by atoms with Crippen LogP contribution < -0.4 is 10.6 Å². The maximum absolute atomic E-state index is 12.0. The van der Waals surface area contributed by atoms with Crippen LogP contribution in [0.1, 0.15) is 44.6 Å². The quantitative estimate of drug-likeness (QED) is 0.873. The van der Waals surface area contributed by atoms with E-state index in [0.29, 0.717) is 0 Å². The number of imide groups is 1. The molecule has 5 heteroatoms. The van der Waals surface area contributed by atoms with Gasteiger partial charge in [-0.05, 0) is 25.3 Å². The molecule has 0 saturated heterocycles. The summed E-state index contributed by atoms with van der Waals surface area (Å²) < 4.78 is 0. The molecule has 4 nitrogen and oxygen atoms in total. The maximum Gasteiger partial charge on any atom is 0.321 e. The molecule has 0 aliphatic heterocycles. The van der Waals surface area contributed by atoms with Crippen LogP contribution in [-0.2, 0) is 10.5 Å². The highest BCUT2D eigenvalue weighted by molar-refractivity contribution is 7.99. The summed E-state index contributed by atoms with van der Waals surface area (Å²) in [5.74, 6) is 0.536. The molecule has 1 aromatic carbocycles. The molecule has 0 aromatic heterocycles. The van der Waals surface area contributed by atoms with Crippen LogP contribution in [0.5, 0.6) is 0 Å². The van der Waals surface area contributed by atoms with Crippen molar-refractivity contribution in [2.75, 3.05) is 0 Å². The molecule has 1 aliphatic carbocycles. The molecule has 1 saturated carbocycles. The van der Waals surface area contributed by atoms with Crippen molar-refractivity contribution in [3.05, 3.63) is 35.9 Å². The Morgan fingerprint density at radius 1 is 1.18 bits per heavy atom. The lowest BCUT2D eigenvalue weighted by molar-refractivity contribution is -0.119. The van der Waals surface area contributed by atoms with Gasteiger partial charge in [0.1, 0.15) is 0 Å². The number of hydrogen-bond donors (Lipinski definition) is 2. The Morgan fingerprint density at radius 2 is 1.86 bits per heavy atom. The van der Waals surface area contributed by atoms with Gasteiger partial charge in [0, 0.05) is 11.8 Å². The van der Waals surface area contributed by atoms with E-state index in [4.69, 9.17) is 0 Å². The molecule has 3 amide bonds. The molecule has 1 aromatic rings. The number of benzene rings is 1. The second kappa shape index (κ2) is 8.83. The van der Waals surface area contributed by atoms with E-state index >= 15 is 0 Å². The first kappa shape index (κ1) is 16.9. The van der Waals surface area contributed by atoms with E-state index in [9.17, 15) is 9.59 Å². The van der Waals surface area contributed by atoms with Gasteiger partial charge in [-0.15, -0.1) is 11.8 Å². The summed E-state index contributed by atoms with van der Waals surface area (Å²) in [6, 6.07) is 9.87. The maximum atomic E-state index is 12.0. The van der Waals surface area contributed by atoms with Gasteiger partial charge in [-0.3, -0.25) is 10.1 Å². The zero-order chi connectivity index (χ0) is 15.8. The molecule has 2 rings (SSSR count). The third-order valence-electron chi connectivity index (χ3n) is 3.89. The highest BCUT2D eigenvalue weighted by atomic mass is 32.2. The summed E-state index contributed by atoms with van der Waals surface area (Å²) in [6.07, 6.45) is 5.58. The fraction of sp³-hybridized carbons (Fsp3) is 0.529. The normalized spacial score (nSPS) is 16.8. The van der Waals surface area contributed by atoms with Gasteiger partial charge in [0.05, 0.1) is 5.25 Å². The Balaban J connectivity index is 1.69. The molecule has 0 radical (unpaired) electrons. The van der Waals surface area contributed by atoms with E-state index < -0.39 is 0 Å². The molecular formula is C17H24N2O2S. The van der Waals surface area contributed by atoms with E-state index in [0.717, 1.165) is 31.4 Å². The van der Waals surface area contributed by atoms with Crippen molar-refractivity contribution in [1.82, 2.24) is 10.6 Å². The molecule has 22 heavy (non-hydrogen) atoms. The summed E-state index contributed by atoms with van der Waals surface area (Å²) in [5, 5.41) is 5.10. The lowest BCUT2D eigenvalue weighted by Gasteiger charge is -2.23. The van der Waals surface area contributed by atoms with Gasteiger partial charge in [-0.2, -0.15) is 0 Å². The summed E-state index contributed by atoms with van der Waals surface area (Å²) >= 11 is 1.53. The van der Waals surface area contributed by atoms with Crippen molar-refractivity contribution < 1.29 is 9.59 Å². The number of urea groups is 1. The fourth-order valence-electron chi connectivity index (χ4n) is 2.55. The van der Waals surface area contributed by atoms with Gasteiger partial charge in [0.25, 0.3) is 0 Å². The summed E-state index contributed by atoms with van der Waals surface area (Å²) in [5.41, 5.74) is 1.18. The van der Waals surface area contributed by atoms with Gasteiger partial charge >= 0.3 is 6.03 Å². The van der Waals surface area contributed by atoms with Crippen molar-refractivity contribution in [3.8, 4) is 0 Å². The molecular weight excluding hydrogens is 296 g/mol. The molecule has 0 spiro atoms. The Bertz CT molecular complexity index is 487. The van der Waals surface area contributed by atoms with Crippen molar-refractivity contribution in [3.63, 3.8) is 0 Å². The van der Waals surface area contributed by atoms with Crippen LogP contribution in [0.3, 0.4) is 0 Å². The van der Waals surface area contributed by atoms with Crippen LogP contribution >= 0.6 is 11.8 Å². The van der Waals surface area contributed by atoms with Gasteiger partial charge in [0.15, 0.2) is 0 Å². The third kappa shape index (κ3) is 5.72. The van der Waals surface area contributed by atoms with Gasteiger partial charge in [-0.1, -0.05) is 49.6 Å². The Morgan fingerprint density at radius 3 is 2.55 bits per heavy atom. The van der Waals surface area contributed by atoms with Crippen LogP contribution in [0.15, 0.2) is 30.3 Å². The summed E-state index contributed by atoms with van der Waals surface area (Å²) in [4.78, 5) is 23.9. The topological polar surface area (TPSA) is 58.2 Å². The number of hydrogen-bond acceptors (Lipinski definition) is 3. The SMILES string of the molecule is CC(SCc1ccccc1)C(=O)NC(=O)NC1CCCCC1. The van der Waals surface area contributed by atoms with E-state index in [-0.39, 0.29) is 23.2 Å². The molecule has 1 unspecified atom stereocenters. The Labute approximate surface area is 136 Å². The zero-order valence-corrected chi connectivity index (χ0v) is 13.8. The number of amides is 3. The van der Waals surface area contributed by atoms with Crippen molar-refractivity contribution >= 4 is 23.7 Å². The minimum atomic E-state index is -0.357. The summed E-state index contributed by atoms with van der Waals surface area (Å²) in [6.45, 7) is 1.83. The number of carbonyl (C=O) groups excluding carboxylic acids is 2. The van der Waals surface area contributed by atoms with E-state index in [1.54, 1.807) is 0 Å². The third-order valence-corrected chi connectivity index (χ3v) is 5.10. The van der Waals surface area contributed by atoms with Crippen molar-refractivity contribution in [1.29, 1.82) is 0 Å². The molecule has 1 atom stereocenters. The van der Waals surface area contributed by atoms with Gasteiger partial charge < -0.3 is 5.32 Å². The highest BCUT2D eigenvalue weighted by Gasteiger charge is 2.19. The number of nitrogens with one attached hydrogen (secondary N) is 2. The first-order chi connectivity index (χ1) is 10.6. The zero-order valence-electron chi connectivity index (χ0n) is 13.0. The average Bonchev–Trinajstić information content (AvgIpc) is 2.54. The summed E-state index contributed by atoms with van der Waals surface area (Å²) in [7, 11) is 0. The van der Waals surface area contributed by atoms with Crippen LogP contribution in [0.2, 0.25) is 0 Å². The molecule has 120 valence electrons. The number of thioether (sulfide) groups is 1. The molecule has 0 heterocycles. The monoisotopic (exact) mass is 320 g/mol. The van der Waals surface area contributed by atoms with Crippen molar-refractivity contribution in [2.24, 2.45) is 0 Å². The Hall–Kier alpha value is -1.49. The largest absolute Gasteiger partial charge is 0.335 e. The predicted octanol–water partition coefficient (Wildman–Crippen LogP) is 3.47. The number of carbonyl (C=O) groups is 2. The minimum absolute atomic E-state index is 0.217. The van der Waals surface area contributed by atoms with E-state index in [1.807, 2.05) is 37.3 Å². The van der Waals surface area contributed by atoms with Crippen LogP contribution in [0.25, 0.3) is 0 Å². The van der Waals surface area contributed by atoms with E-state index in [1.165, 1.54) is 23.7 Å². The minimum Gasteiger partial charge on any atom is -0.335 e. The van der Waals surface area contributed by atoms with Crippen LogP contribution in [-0.4, -0.2) is 23.2 Å². The molecule has 2 N–H and O–H groups in total. The molecule has 0 bridgehead atoms. The first-order valence-electron chi connectivity index (χ1n) is 7.92. The number of rotatable bonds is 5. The second-order valence-corrected chi connectivity index (χ2v) is 7.07. The second-order valence-electron chi connectivity index (χ2n) is 5.74. The lowest BCUT2D eigenvalue weighted by Crippen LogP contribution is -2.47. The van der Waals surface area contributed by atoms with Crippen LogP contribution in [0.4, 0.5) is 4.79 Å². The van der Waals surface area contributed by atoms with Gasteiger partial charge in [0.2, 0.25) is 5.91 Å². The lowest BCUT2D eigenvalue weighted by atomic mass is 9.96. The van der Waals surface area contributed by atoms with Crippen molar-refractivity contribution in [2.45, 2.75) is 56.1 Å². The van der Waals surface area contributed by atoms with Crippen LogP contribution in [0, 0.1) is 0 Å². The molecule has 1 fully saturated rings. The van der Waals surface area contributed by atoms with E-state index in [2.05, 4.69) is 10.6 Å². The predicted molar refractivity (Wildman–Crippen MR) is 90.7 cm³/mol. The average molecular weight is 320 g/mol. The first-order valence-corrected chi connectivity index (χ1v) is 8.97. The standard InChI is InChI=1S/C17H24N2O2S/c1-13(22-12-14-8-4-2-5-9-14)16(20)19-17(21)18-15-10-6-3-7-11-15/h2,4-5,8-9,13,15H,3,6-7,10-12H2,1H3,(H2,18,19,20,21). The smallest absolute Gasteiger partial charge is 0.321 e. The van der Waals surface area contributed by atoms with Gasteiger partial charge in [-0.25, -0.2) is 4.79 Å². The fourth-order valence-corrected chi connectivity index (χ4v) is 3.40.